The number of hydrogen-bond acceptors (Lipinski definition) is 4. The number of nitrogens with zero attached hydrogens (tertiary/aromatic N) is 1. The van der Waals surface area contributed by atoms with E-state index in [1.165, 1.54) is 27.2 Å². The third kappa shape index (κ3) is 7.56. The number of thioether (sulfide) groups is 1. The van der Waals surface area contributed by atoms with E-state index in [1.807, 2.05) is 36.9 Å². The third-order valence-corrected chi connectivity index (χ3v) is 12.9. The standard InChI is InChI=1S/C56H47NO2S/c1-6-9-11-15-47-34-43(23-26-52(47)58-8-3)40-18-12-16-38(31-40)39-17-13-19-41(32-39)44-24-27-53-49(35-44)55-54(59-53)28-25-51(57-55)46-21-14-20-42(33-46)45-29-30-56(5)50(36-45)48(22-10-7-2)37(4)60-56/h6-7,9-14,16-29,31-36H,1-2,8,15,30H2,3-5H3/b11-9-,22-10-. The Bertz CT molecular complexity index is 2990. The summed E-state index contributed by atoms with van der Waals surface area (Å²) in [7, 11) is 0. The fraction of sp³-hybridized carbons (Fsp3) is 0.125. The number of rotatable bonds is 12. The molecule has 4 heteroatoms. The predicted molar refractivity (Wildman–Crippen MR) is 256 cm³/mol. The van der Waals surface area contributed by atoms with E-state index in [0.717, 1.165) is 90.9 Å². The molecular formula is C56H47NO2S. The van der Waals surface area contributed by atoms with Crippen molar-refractivity contribution >= 4 is 39.4 Å². The van der Waals surface area contributed by atoms with Gasteiger partial charge in [0.1, 0.15) is 16.8 Å². The Hall–Kier alpha value is -6.62. The van der Waals surface area contributed by atoms with Crippen molar-refractivity contribution in [2.45, 2.75) is 38.4 Å². The molecule has 2 aliphatic rings. The lowest BCUT2D eigenvalue weighted by Crippen LogP contribution is -2.21. The van der Waals surface area contributed by atoms with Gasteiger partial charge in [-0.3, -0.25) is 0 Å². The Labute approximate surface area is 357 Å². The van der Waals surface area contributed by atoms with Crippen LogP contribution in [0.3, 0.4) is 0 Å². The van der Waals surface area contributed by atoms with Crippen LogP contribution in [-0.4, -0.2) is 16.3 Å². The smallest absolute Gasteiger partial charge is 0.153 e. The maximum absolute atomic E-state index is 6.34. The molecule has 0 amide bonds. The molecule has 0 bridgehead atoms. The van der Waals surface area contributed by atoms with E-state index in [2.05, 4.69) is 173 Å². The summed E-state index contributed by atoms with van der Waals surface area (Å²) in [6.45, 7) is 14.9. The molecule has 3 nitrogen and oxygen atoms in total. The maximum atomic E-state index is 6.34. The van der Waals surface area contributed by atoms with Crippen molar-refractivity contribution in [2.24, 2.45) is 0 Å². The predicted octanol–water partition coefficient (Wildman–Crippen LogP) is 15.6. The number of pyridine rings is 1. The van der Waals surface area contributed by atoms with Crippen molar-refractivity contribution in [3.8, 4) is 50.4 Å². The fourth-order valence-electron chi connectivity index (χ4n) is 8.50. The highest BCUT2D eigenvalue weighted by Gasteiger charge is 2.39. The molecule has 1 unspecified atom stereocenters. The number of aromatic nitrogens is 1. The zero-order chi connectivity index (χ0) is 41.2. The van der Waals surface area contributed by atoms with E-state index in [-0.39, 0.29) is 4.75 Å². The lowest BCUT2D eigenvalue weighted by Gasteiger charge is -2.29. The lowest BCUT2D eigenvalue weighted by atomic mass is 9.82. The Morgan fingerprint density at radius 1 is 0.733 bits per heavy atom. The molecule has 5 aromatic carbocycles. The quantitative estimate of drug-likeness (QED) is 0.115. The number of benzene rings is 5. The number of ether oxygens (including phenoxy) is 1. The molecule has 294 valence electrons. The van der Waals surface area contributed by atoms with Gasteiger partial charge >= 0.3 is 0 Å². The van der Waals surface area contributed by atoms with E-state index in [9.17, 15) is 0 Å². The highest BCUT2D eigenvalue weighted by atomic mass is 32.2. The van der Waals surface area contributed by atoms with Crippen LogP contribution in [0.15, 0.2) is 204 Å². The molecule has 0 saturated heterocycles. The number of hydrogen-bond donors (Lipinski definition) is 0. The maximum Gasteiger partial charge on any atom is 0.153 e. The number of fused-ring (bicyclic) bond motifs is 4. The zero-order valence-corrected chi connectivity index (χ0v) is 35.2. The van der Waals surface area contributed by atoms with Crippen LogP contribution < -0.4 is 4.74 Å². The van der Waals surface area contributed by atoms with Crippen molar-refractivity contribution in [2.75, 3.05) is 6.61 Å². The van der Waals surface area contributed by atoms with E-state index >= 15 is 0 Å². The largest absolute Gasteiger partial charge is 0.494 e. The van der Waals surface area contributed by atoms with Gasteiger partial charge in [-0.05, 0) is 160 Å². The van der Waals surface area contributed by atoms with Gasteiger partial charge in [-0.1, -0.05) is 122 Å². The highest BCUT2D eigenvalue weighted by Crippen LogP contribution is 2.55. The second-order valence-electron chi connectivity index (χ2n) is 15.5. The van der Waals surface area contributed by atoms with E-state index in [4.69, 9.17) is 14.1 Å². The molecular weight excluding hydrogens is 751 g/mol. The summed E-state index contributed by atoms with van der Waals surface area (Å²) in [4.78, 5) is 6.61. The van der Waals surface area contributed by atoms with Crippen LogP contribution in [0.5, 0.6) is 5.75 Å². The highest BCUT2D eigenvalue weighted by molar-refractivity contribution is 8.04. The SMILES string of the molecule is C=C/C=C\Cc1cc(-c2cccc(-c3cccc(-c4ccc5oc6ccc(-c7cccc(C8=CCC9(C)SC(C)=C(/C=C\C=C)C9=C8)c7)nc6c5c4)c3)c2)ccc1OCC. The van der Waals surface area contributed by atoms with Crippen LogP contribution in [0, 0.1) is 0 Å². The van der Waals surface area contributed by atoms with E-state index < -0.39 is 0 Å². The van der Waals surface area contributed by atoms with Gasteiger partial charge in [-0.15, -0.1) is 11.8 Å². The first-order valence-electron chi connectivity index (χ1n) is 20.6. The van der Waals surface area contributed by atoms with Crippen molar-refractivity contribution < 1.29 is 9.15 Å². The molecule has 0 saturated carbocycles. The van der Waals surface area contributed by atoms with Crippen LogP contribution in [0.2, 0.25) is 0 Å². The first kappa shape index (κ1) is 38.9. The van der Waals surface area contributed by atoms with Crippen molar-refractivity contribution in [3.63, 3.8) is 0 Å². The molecule has 7 aromatic rings. The molecule has 1 atom stereocenters. The zero-order valence-electron chi connectivity index (χ0n) is 34.4. The van der Waals surface area contributed by atoms with Crippen LogP contribution in [0.4, 0.5) is 0 Å². The lowest BCUT2D eigenvalue weighted by molar-refractivity contribution is 0.337. The van der Waals surface area contributed by atoms with Gasteiger partial charge in [0.05, 0.1) is 12.3 Å². The molecule has 3 heterocycles. The molecule has 1 aliphatic heterocycles. The molecule has 0 spiro atoms. The fourth-order valence-corrected chi connectivity index (χ4v) is 9.91. The third-order valence-electron chi connectivity index (χ3n) is 11.5. The number of allylic oxidation sites excluding steroid dienone is 11. The van der Waals surface area contributed by atoms with Crippen LogP contribution in [0.25, 0.3) is 72.3 Å². The van der Waals surface area contributed by atoms with Gasteiger partial charge in [-0.25, -0.2) is 4.98 Å². The Morgan fingerprint density at radius 3 is 2.08 bits per heavy atom. The summed E-state index contributed by atoms with van der Waals surface area (Å²) >= 11 is 1.97. The van der Waals surface area contributed by atoms with Crippen LogP contribution in [0.1, 0.15) is 38.3 Å². The number of furan rings is 1. The molecule has 0 radical (unpaired) electrons. The molecule has 9 rings (SSSR count). The molecule has 2 aromatic heterocycles. The molecule has 0 fully saturated rings. The summed E-state index contributed by atoms with van der Waals surface area (Å²) < 4.78 is 12.3. The first-order chi connectivity index (χ1) is 29.3. The first-order valence-corrected chi connectivity index (χ1v) is 21.5. The average Bonchev–Trinajstić information content (AvgIpc) is 3.77. The summed E-state index contributed by atoms with van der Waals surface area (Å²) in [5.41, 5.74) is 17.6. The Kier molecular flexibility index (Phi) is 10.7. The van der Waals surface area contributed by atoms with Crippen LogP contribution >= 0.6 is 11.8 Å². The Morgan fingerprint density at radius 2 is 1.37 bits per heavy atom. The normalized spacial score (nSPS) is 16.4. The molecule has 0 N–H and O–H groups in total. The Balaban J connectivity index is 1.01. The second kappa shape index (κ2) is 16.6. The van der Waals surface area contributed by atoms with Gasteiger partial charge < -0.3 is 9.15 Å². The molecule has 60 heavy (non-hydrogen) atoms. The topological polar surface area (TPSA) is 35.3 Å². The van der Waals surface area contributed by atoms with E-state index in [0.29, 0.717) is 6.61 Å². The summed E-state index contributed by atoms with van der Waals surface area (Å²) in [6.07, 6.45) is 18.5. The minimum atomic E-state index is 0.0535. The van der Waals surface area contributed by atoms with Crippen molar-refractivity contribution in [3.05, 3.63) is 210 Å². The minimum Gasteiger partial charge on any atom is -0.494 e. The van der Waals surface area contributed by atoms with Crippen LogP contribution in [-0.2, 0) is 6.42 Å². The summed E-state index contributed by atoms with van der Waals surface area (Å²) in [5.74, 6) is 0.919. The van der Waals surface area contributed by atoms with Gasteiger partial charge in [0.15, 0.2) is 5.58 Å². The van der Waals surface area contributed by atoms with Gasteiger partial charge in [0, 0.05) is 15.7 Å². The molecule has 1 aliphatic carbocycles. The average molecular weight is 798 g/mol. The summed E-state index contributed by atoms with van der Waals surface area (Å²) in [5, 5.41) is 1.00. The van der Waals surface area contributed by atoms with Gasteiger partial charge in [-0.2, -0.15) is 0 Å². The van der Waals surface area contributed by atoms with Gasteiger partial charge in [0.2, 0.25) is 0 Å². The minimum absolute atomic E-state index is 0.0535. The van der Waals surface area contributed by atoms with Crippen molar-refractivity contribution in [1.29, 1.82) is 0 Å². The summed E-state index contributed by atoms with van der Waals surface area (Å²) in [6, 6.07) is 43.3. The van der Waals surface area contributed by atoms with E-state index in [1.54, 1.807) is 6.08 Å². The second-order valence-corrected chi connectivity index (χ2v) is 17.3. The van der Waals surface area contributed by atoms with Gasteiger partial charge in [0.25, 0.3) is 0 Å². The monoisotopic (exact) mass is 797 g/mol. The van der Waals surface area contributed by atoms with Crippen molar-refractivity contribution in [1.82, 2.24) is 4.98 Å².